The van der Waals surface area contributed by atoms with Crippen molar-refractivity contribution in [2.75, 3.05) is 6.61 Å². The molecular formula is C11H11N3O5S. The van der Waals surface area contributed by atoms with Gasteiger partial charge in [-0.3, -0.25) is 9.69 Å². The van der Waals surface area contributed by atoms with Gasteiger partial charge in [-0.25, -0.2) is 9.48 Å². The van der Waals surface area contributed by atoms with Crippen molar-refractivity contribution in [3.8, 4) is 0 Å². The summed E-state index contributed by atoms with van der Waals surface area (Å²) in [5.41, 5.74) is 0.895. The molecule has 1 fully saturated rings. The molecule has 1 amide bonds. The van der Waals surface area contributed by atoms with Gasteiger partial charge in [0, 0.05) is 6.20 Å². The molecule has 0 aliphatic carbocycles. The first kappa shape index (κ1) is 13.0. The fourth-order valence-electron chi connectivity index (χ4n) is 2.16. The molecule has 20 heavy (non-hydrogen) atoms. The van der Waals surface area contributed by atoms with Crippen LogP contribution in [-0.4, -0.2) is 48.9 Å². The molecule has 106 valence electrons. The van der Waals surface area contributed by atoms with Gasteiger partial charge in [0.25, 0.3) is 0 Å². The van der Waals surface area contributed by atoms with Crippen LogP contribution in [0.1, 0.15) is 5.56 Å². The molecule has 2 aliphatic rings. The quantitative estimate of drug-likeness (QED) is 0.618. The van der Waals surface area contributed by atoms with Gasteiger partial charge in [-0.1, -0.05) is 11.8 Å². The van der Waals surface area contributed by atoms with Crippen LogP contribution in [0.5, 0.6) is 0 Å². The summed E-state index contributed by atoms with van der Waals surface area (Å²) in [7, 11) is 0. The summed E-state index contributed by atoms with van der Waals surface area (Å²) in [5.74, 6) is -0.938. The lowest BCUT2D eigenvalue weighted by molar-refractivity contribution is -0.151. The second-order valence-electron chi connectivity index (χ2n) is 4.45. The minimum absolute atomic E-state index is 0.0506. The zero-order valence-corrected chi connectivity index (χ0v) is 11.2. The van der Waals surface area contributed by atoms with Crippen molar-refractivity contribution < 1.29 is 24.5 Å². The average Bonchev–Trinajstić information content (AvgIpc) is 2.91. The predicted molar refractivity (Wildman–Crippen MR) is 68.1 cm³/mol. The summed E-state index contributed by atoms with van der Waals surface area (Å²) in [4.78, 5) is 23.9. The Bertz CT molecular complexity index is 625. The first-order valence-corrected chi connectivity index (χ1v) is 6.68. The van der Waals surface area contributed by atoms with E-state index in [1.54, 1.807) is 12.4 Å². The second kappa shape index (κ2) is 4.53. The van der Waals surface area contributed by atoms with E-state index in [0.29, 0.717) is 5.03 Å². The summed E-state index contributed by atoms with van der Waals surface area (Å²) in [6.07, 6.45) is 1.83. The van der Waals surface area contributed by atoms with Crippen LogP contribution >= 0.6 is 11.8 Å². The van der Waals surface area contributed by atoms with E-state index < -0.39 is 12.1 Å². The monoisotopic (exact) mass is 297 g/mol. The molecule has 0 saturated carbocycles. The topological polar surface area (TPSA) is 105 Å². The average molecular weight is 297 g/mol. The largest absolute Gasteiger partial charge is 0.512 e. The molecule has 2 aliphatic heterocycles. The zero-order chi connectivity index (χ0) is 14.4. The number of aliphatic hydroxyl groups excluding tert-OH is 1. The molecule has 1 aromatic heterocycles. The van der Waals surface area contributed by atoms with Gasteiger partial charge in [0.1, 0.15) is 5.37 Å². The zero-order valence-electron chi connectivity index (χ0n) is 10.4. The highest BCUT2D eigenvalue weighted by molar-refractivity contribution is 8.08. The van der Waals surface area contributed by atoms with Gasteiger partial charge in [0.05, 0.1) is 18.7 Å². The van der Waals surface area contributed by atoms with E-state index in [1.165, 1.54) is 21.3 Å². The Morgan fingerprint density at radius 3 is 2.90 bits per heavy atom. The lowest BCUT2D eigenvalue weighted by atomic mass is 10.00. The number of hydrogen-bond acceptors (Lipinski definition) is 6. The highest BCUT2D eigenvalue weighted by atomic mass is 32.2. The molecule has 9 heteroatoms. The Labute approximate surface area is 117 Å². The highest BCUT2D eigenvalue weighted by Crippen LogP contribution is 2.50. The normalized spacial score (nSPS) is 24.7. The maximum absolute atomic E-state index is 11.9. The summed E-state index contributed by atoms with van der Waals surface area (Å²) in [6, 6.07) is 0. The number of fused-ring (bicyclic) bond motifs is 1. The van der Waals surface area contributed by atoms with Crippen molar-refractivity contribution in [3.05, 3.63) is 23.8 Å². The number of rotatable bonds is 3. The third kappa shape index (κ3) is 1.78. The van der Waals surface area contributed by atoms with Gasteiger partial charge in [-0.05, 0) is 12.5 Å². The number of amides is 1. The van der Waals surface area contributed by atoms with E-state index in [9.17, 15) is 14.7 Å². The maximum atomic E-state index is 11.9. The number of hydrogen-bond donors (Lipinski definition) is 2. The number of aliphatic hydroxyl groups is 1. The van der Waals surface area contributed by atoms with Crippen molar-refractivity contribution >= 4 is 28.9 Å². The molecule has 0 radical (unpaired) electrons. The van der Waals surface area contributed by atoms with Gasteiger partial charge in [0.2, 0.25) is 11.8 Å². The van der Waals surface area contributed by atoms with Gasteiger partial charge >= 0.3 is 6.16 Å². The van der Waals surface area contributed by atoms with Crippen molar-refractivity contribution in [1.82, 2.24) is 14.7 Å². The van der Waals surface area contributed by atoms with Crippen LogP contribution in [0, 0.1) is 12.8 Å². The lowest BCUT2D eigenvalue weighted by Gasteiger charge is -2.40. The number of carbonyl (C=O) groups excluding carboxylic acids is 1. The maximum Gasteiger partial charge on any atom is 0.512 e. The van der Waals surface area contributed by atoms with E-state index in [-0.39, 0.29) is 23.8 Å². The second-order valence-corrected chi connectivity index (χ2v) is 5.55. The number of β-lactam (4-membered cyclic amide) rings is 1. The van der Waals surface area contributed by atoms with Crippen molar-refractivity contribution in [2.45, 2.75) is 12.3 Å². The van der Waals surface area contributed by atoms with Crippen LogP contribution in [-0.2, 0) is 9.53 Å². The number of carbonyl (C=O) groups is 2. The van der Waals surface area contributed by atoms with Crippen molar-refractivity contribution in [2.24, 2.45) is 5.92 Å². The number of ether oxygens (including phenoxy) is 1. The van der Waals surface area contributed by atoms with Crippen LogP contribution in [0.4, 0.5) is 4.79 Å². The Morgan fingerprint density at radius 2 is 2.35 bits per heavy atom. The predicted octanol–water partition coefficient (Wildman–Crippen LogP) is 0.493. The van der Waals surface area contributed by atoms with Crippen LogP contribution in [0.25, 0.3) is 5.03 Å². The van der Waals surface area contributed by atoms with Crippen LogP contribution < -0.4 is 0 Å². The van der Waals surface area contributed by atoms with Crippen LogP contribution in [0.2, 0.25) is 0 Å². The van der Waals surface area contributed by atoms with Crippen molar-refractivity contribution in [1.29, 1.82) is 0 Å². The number of aromatic nitrogens is 2. The fraction of sp³-hybridized carbons (Fsp3) is 0.364. The Kier molecular flexibility index (Phi) is 2.94. The first-order chi connectivity index (χ1) is 9.52. The molecule has 0 unspecified atom stereocenters. The molecule has 0 spiro atoms. The Morgan fingerprint density at radius 1 is 1.60 bits per heavy atom. The molecule has 2 atom stereocenters. The third-order valence-corrected chi connectivity index (χ3v) is 4.45. The minimum atomic E-state index is -1.50. The number of thioether (sulfide) groups is 1. The van der Waals surface area contributed by atoms with E-state index in [2.05, 4.69) is 5.10 Å². The van der Waals surface area contributed by atoms with E-state index in [4.69, 9.17) is 9.84 Å². The Hall–Kier alpha value is -2.00. The summed E-state index contributed by atoms with van der Waals surface area (Å²) >= 11 is 1.25. The third-order valence-electron chi connectivity index (χ3n) is 3.09. The lowest BCUT2D eigenvalue weighted by Crippen LogP contribution is -2.58. The number of aryl methyl sites for hydroxylation is 1. The minimum Gasteiger partial charge on any atom is -0.449 e. The van der Waals surface area contributed by atoms with Gasteiger partial charge in [-0.15, -0.1) is 0 Å². The molecule has 0 bridgehead atoms. The van der Waals surface area contributed by atoms with Crippen LogP contribution in [0.15, 0.2) is 18.3 Å². The van der Waals surface area contributed by atoms with Gasteiger partial charge in [-0.2, -0.15) is 5.10 Å². The summed E-state index contributed by atoms with van der Waals surface area (Å²) in [5, 5.41) is 22.1. The molecule has 3 heterocycles. The number of carboxylic acid groups (broad SMARTS) is 1. The van der Waals surface area contributed by atoms with E-state index in [0.717, 1.165) is 5.56 Å². The SMILES string of the molecule is Cc1cnn(C2=C(OC(=O)O)N3C(=O)[C@H](CO)[C@H]3S2)c1. The number of nitrogens with zero attached hydrogens (tertiary/aromatic N) is 3. The standard InChI is InChI=1S/C11H11N3O5S/c1-5-2-12-13(3-5)10-8(19-11(17)18)14-7(16)6(4-15)9(14)20-10/h2-3,6,9,15H,4H2,1H3,(H,17,18)/t6-,9+/m0/s1. The highest BCUT2D eigenvalue weighted by Gasteiger charge is 2.56. The van der Waals surface area contributed by atoms with Gasteiger partial charge < -0.3 is 14.9 Å². The molecule has 1 aromatic rings. The summed E-state index contributed by atoms with van der Waals surface area (Å²) < 4.78 is 6.19. The first-order valence-electron chi connectivity index (χ1n) is 5.80. The van der Waals surface area contributed by atoms with Crippen LogP contribution in [0.3, 0.4) is 0 Å². The Balaban J connectivity index is 1.99. The molecule has 0 aromatic carbocycles. The molecule has 2 N–H and O–H groups in total. The van der Waals surface area contributed by atoms with E-state index in [1.807, 2.05) is 6.92 Å². The van der Waals surface area contributed by atoms with Crippen molar-refractivity contribution in [3.63, 3.8) is 0 Å². The van der Waals surface area contributed by atoms with E-state index >= 15 is 0 Å². The molecule has 8 nitrogen and oxygen atoms in total. The fourth-order valence-corrected chi connectivity index (χ4v) is 3.51. The molecule has 3 rings (SSSR count). The molecular weight excluding hydrogens is 286 g/mol. The smallest absolute Gasteiger partial charge is 0.449 e. The summed E-state index contributed by atoms with van der Waals surface area (Å²) in [6.45, 7) is 1.57. The van der Waals surface area contributed by atoms with Gasteiger partial charge in [0.15, 0.2) is 5.03 Å². The molecule has 1 saturated heterocycles.